The van der Waals surface area contributed by atoms with Crippen LogP contribution in [0.2, 0.25) is 0 Å². The third kappa shape index (κ3) is 5.65. The number of hydrogen-bond acceptors (Lipinski definition) is 4. The summed E-state index contributed by atoms with van der Waals surface area (Å²) >= 11 is 0. The van der Waals surface area contributed by atoms with Gasteiger partial charge in [-0.3, -0.25) is 0 Å². The third-order valence-electron chi connectivity index (χ3n) is 2.64. The number of aliphatic hydroxyl groups is 1. The Hall–Kier alpha value is -1.49. The predicted molar refractivity (Wildman–Crippen MR) is 76.3 cm³/mol. The molecule has 1 rings (SSSR count). The molecule has 1 heterocycles. The smallest absolute Gasteiger partial charge is 0.407 e. The lowest BCUT2D eigenvalue weighted by atomic mass is 9.98. The van der Waals surface area contributed by atoms with Crippen LogP contribution in [0.3, 0.4) is 0 Å². The molecular weight excluding hydrogens is 258 g/mol. The zero-order chi connectivity index (χ0) is 15.3. The second kappa shape index (κ2) is 6.79. The molecule has 0 saturated carbocycles. The van der Waals surface area contributed by atoms with Gasteiger partial charge in [-0.05, 0) is 45.2 Å². The number of rotatable bonds is 5. The molecule has 0 aliphatic carbocycles. The molecule has 1 aromatic heterocycles. The minimum Gasteiger partial charge on any atom is -0.467 e. The van der Waals surface area contributed by atoms with E-state index in [2.05, 4.69) is 5.32 Å². The summed E-state index contributed by atoms with van der Waals surface area (Å²) in [7, 11) is 0. The summed E-state index contributed by atoms with van der Waals surface area (Å²) in [6.07, 6.45) is 0.702. The van der Waals surface area contributed by atoms with Crippen LogP contribution in [0.1, 0.15) is 52.9 Å². The maximum atomic E-state index is 11.8. The van der Waals surface area contributed by atoms with Gasteiger partial charge in [-0.25, -0.2) is 4.79 Å². The fourth-order valence-electron chi connectivity index (χ4n) is 1.89. The molecule has 0 spiro atoms. The maximum absolute atomic E-state index is 11.8. The van der Waals surface area contributed by atoms with E-state index in [0.29, 0.717) is 18.1 Å². The number of nitrogens with one attached hydrogen (secondary N) is 1. The molecule has 0 aromatic carbocycles. The van der Waals surface area contributed by atoms with E-state index in [1.807, 2.05) is 13.8 Å². The van der Waals surface area contributed by atoms with Crippen molar-refractivity contribution in [1.29, 1.82) is 0 Å². The summed E-state index contributed by atoms with van der Waals surface area (Å²) in [5.74, 6) is 0.756. The van der Waals surface area contributed by atoms with Crippen molar-refractivity contribution >= 4 is 6.09 Å². The van der Waals surface area contributed by atoms with Crippen molar-refractivity contribution in [3.8, 4) is 0 Å². The van der Waals surface area contributed by atoms with Gasteiger partial charge in [-0.1, -0.05) is 13.8 Å². The van der Waals surface area contributed by atoms with Crippen LogP contribution in [0, 0.1) is 5.92 Å². The van der Waals surface area contributed by atoms with E-state index < -0.39 is 23.8 Å². The van der Waals surface area contributed by atoms with Crippen molar-refractivity contribution in [3.63, 3.8) is 0 Å². The van der Waals surface area contributed by atoms with Crippen molar-refractivity contribution in [2.24, 2.45) is 5.92 Å². The summed E-state index contributed by atoms with van der Waals surface area (Å²) < 4.78 is 10.4. The second-order valence-electron chi connectivity index (χ2n) is 6.34. The Morgan fingerprint density at radius 3 is 2.55 bits per heavy atom. The summed E-state index contributed by atoms with van der Waals surface area (Å²) in [5, 5.41) is 13.0. The number of hydrogen-bond donors (Lipinski definition) is 2. The van der Waals surface area contributed by atoms with Crippen LogP contribution in [0.25, 0.3) is 0 Å². The molecule has 5 heteroatoms. The Morgan fingerprint density at radius 2 is 2.10 bits per heavy atom. The topological polar surface area (TPSA) is 71.7 Å². The van der Waals surface area contributed by atoms with Gasteiger partial charge in [-0.2, -0.15) is 0 Å². The lowest BCUT2D eigenvalue weighted by molar-refractivity contribution is 0.0374. The van der Waals surface area contributed by atoms with Crippen LogP contribution < -0.4 is 5.32 Å². The number of furan rings is 1. The molecule has 1 amide bonds. The Morgan fingerprint density at radius 1 is 1.45 bits per heavy atom. The molecule has 1 aromatic rings. The lowest BCUT2D eigenvalue weighted by Gasteiger charge is -2.27. The number of carbonyl (C=O) groups excluding carboxylic acids is 1. The van der Waals surface area contributed by atoms with Gasteiger partial charge in [0.25, 0.3) is 0 Å². The van der Waals surface area contributed by atoms with Gasteiger partial charge in [0.05, 0.1) is 12.3 Å². The van der Waals surface area contributed by atoms with Gasteiger partial charge < -0.3 is 19.6 Å². The van der Waals surface area contributed by atoms with Crippen LogP contribution >= 0.6 is 0 Å². The van der Waals surface area contributed by atoms with E-state index in [0.717, 1.165) is 0 Å². The molecule has 20 heavy (non-hydrogen) atoms. The van der Waals surface area contributed by atoms with Gasteiger partial charge in [0.1, 0.15) is 17.5 Å². The summed E-state index contributed by atoms with van der Waals surface area (Å²) in [4.78, 5) is 11.8. The van der Waals surface area contributed by atoms with Crippen molar-refractivity contribution in [2.45, 2.75) is 58.8 Å². The van der Waals surface area contributed by atoms with Crippen molar-refractivity contribution < 1.29 is 19.1 Å². The molecule has 0 saturated heterocycles. The monoisotopic (exact) mass is 283 g/mol. The van der Waals surface area contributed by atoms with E-state index in [4.69, 9.17) is 9.15 Å². The summed E-state index contributed by atoms with van der Waals surface area (Å²) in [6, 6.07) is 2.95. The number of aliphatic hydroxyl groups excluding tert-OH is 1. The van der Waals surface area contributed by atoms with Gasteiger partial charge in [-0.15, -0.1) is 0 Å². The third-order valence-corrected chi connectivity index (χ3v) is 2.64. The Kier molecular flexibility index (Phi) is 5.62. The van der Waals surface area contributed by atoms with E-state index >= 15 is 0 Å². The normalized spacial score (nSPS) is 14.9. The van der Waals surface area contributed by atoms with Crippen molar-refractivity contribution in [3.05, 3.63) is 24.2 Å². The quantitative estimate of drug-likeness (QED) is 0.870. The average Bonchev–Trinajstić information content (AvgIpc) is 2.76. The highest BCUT2D eigenvalue weighted by atomic mass is 16.6. The number of carbonyl (C=O) groups is 1. The molecule has 0 radical (unpaired) electrons. The first-order valence-electron chi connectivity index (χ1n) is 6.90. The summed E-state index contributed by atoms with van der Waals surface area (Å²) in [6.45, 7) is 9.45. The number of amides is 1. The fourth-order valence-corrected chi connectivity index (χ4v) is 1.89. The zero-order valence-electron chi connectivity index (χ0n) is 12.8. The second-order valence-corrected chi connectivity index (χ2v) is 6.34. The molecule has 0 unspecified atom stereocenters. The Bertz CT molecular complexity index is 406. The molecule has 0 bridgehead atoms. The first-order chi connectivity index (χ1) is 9.19. The zero-order valence-corrected chi connectivity index (χ0v) is 12.8. The minimum absolute atomic E-state index is 0.319. The van der Waals surface area contributed by atoms with E-state index in [1.54, 1.807) is 32.9 Å². The molecule has 2 atom stereocenters. The van der Waals surface area contributed by atoms with Gasteiger partial charge in [0.15, 0.2) is 0 Å². The SMILES string of the molecule is CC(C)C[C@@H](NC(=O)OC(C)(C)C)[C@H](O)c1ccco1. The van der Waals surface area contributed by atoms with Crippen molar-refractivity contribution in [2.75, 3.05) is 0 Å². The molecule has 0 aliphatic heterocycles. The van der Waals surface area contributed by atoms with Crippen LogP contribution in [0.5, 0.6) is 0 Å². The highest BCUT2D eigenvalue weighted by Crippen LogP contribution is 2.22. The van der Waals surface area contributed by atoms with Crippen LogP contribution in [-0.2, 0) is 4.74 Å². The first-order valence-corrected chi connectivity index (χ1v) is 6.90. The molecule has 114 valence electrons. The van der Waals surface area contributed by atoms with Gasteiger partial charge in [0.2, 0.25) is 0 Å². The van der Waals surface area contributed by atoms with Gasteiger partial charge in [0, 0.05) is 0 Å². The lowest BCUT2D eigenvalue weighted by Crippen LogP contribution is -2.43. The molecule has 0 fully saturated rings. The Labute approximate surface area is 120 Å². The molecule has 2 N–H and O–H groups in total. The minimum atomic E-state index is -0.889. The number of alkyl carbamates (subject to hydrolysis) is 1. The van der Waals surface area contributed by atoms with E-state index in [1.165, 1.54) is 6.26 Å². The molecular formula is C15H25NO4. The highest BCUT2D eigenvalue weighted by molar-refractivity contribution is 5.68. The maximum Gasteiger partial charge on any atom is 0.407 e. The van der Waals surface area contributed by atoms with Gasteiger partial charge >= 0.3 is 6.09 Å². The van der Waals surface area contributed by atoms with E-state index in [-0.39, 0.29) is 0 Å². The summed E-state index contributed by atoms with van der Waals surface area (Å²) in [5.41, 5.74) is -0.567. The van der Waals surface area contributed by atoms with E-state index in [9.17, 15) is 9.90 Å². The Balaban J connectivity index is 2.72. The largest absolute Gasteiger partial charge is 0.467 e. The molecule has 0 aliphatic rings. The first kappa shape index (κ1) is 16.6. The average molecular weight is 283 g/mol. The van der Waals surface area contributed by atoms with Crippen LogP contribution in [0.4, 0.5) is 4.79 Å². The van der Waals surface area contributed by atoms with Crippen LogP contribution in [0.15, 0.2) is 22.8 Å². The standard InChI is InChI=1S/C15H25NO4/c1-10(2)9-11(13(17)12-7-6-8-19-12)16-14(18)20-15(3,4)5/h6-8,10-11,13,17H,9H2,1-5H3,(H,16,18)/t11-,13+/m1/s1. The van der Waals surface area contributed by atoms with Crippen molar-refractivity contribution in [1.82, 2.24) is 5.32 Å². The predicted octanol–water partition coefficient (Wildman–Crippen LogP) is 3.25. The van der Waals surface area contributed by atoms with Crippen LogP contribution in [-0.4, -0.2) is 22.8 Å². The number of ether oxygens (including phenoxy) is 1. The molecule has 5 nitrogen and oxygen atoms in total. The fraction of sp³-hybridized carbons (Fsp3) is 0.667. The highest BCUT2D eigenvalue weighted by Gasteiger charge is 2.27.